The molecule has 5 N–H and O–H groups in total. The first kappa shape index (κ1) is 69.8. The summed E-state index contributed by atoms with van der Waals surface area (Å²) < 4.78 is 0. The van der Waals surface area contributed by atoms with Crippen molar-refractivity contribution in [2.45, 2.75) is 284 Å². The number of hydrogen-bond acceptors (Lipinski definition) is 7. The van der Waals surface area contributed by atoms with Crippen molar-refractivity contribution in [1.82, 2.24) is 30.8 Å². The number of pyridine rings is 2. The minimum absolute atomic E-state index is 0.00864. The summed E-state index contributed by atoms with van der Waals surface area (Å²) >= 11 is 0. The number of carbonyl (C=O) groups is 3. The van der Waals surface area contributed by atoms with Crippen LogP contribution in [0, 0.1) is 11.8 Å². The number of rotatable bonds is 53. The maximum absolute atomic E-state index is 12.6. The first-order valence-corrected chi connectivity index (χ1v) is 32.4. The Morgan fingerprint density at radius 2 is 0.769 bits per heavy atom. The highest BCUT2D eigenvalue weighted by Gasteiger charge is 2.11. The van der Waals surface area contributed by atoms with Crippen molar-refractivity contribution in [3.63, 3.8) is 0 Å². The van der Waals surface area contributed by atoms with E-state index < -0.39 is 0 Å². The fraction of sp³-hybridized carbons (Fsp3) is 0.721. The molecule has 0 aliphatic carbocycles. The van der Waals surface area contributed by atoms with Gasteiger partial charge in [0.1, 0.15) is 0 Å². The maximum Gasteiger partial charge on any atom is 0.220 e. The molecule has 10 nitrogen and oxygen atoms in total. The zero-order valence-corrected chi connectivity index (χ0v) is 50.2. The largest absolute Gasteiger partial charge is 0.355 e. The molecule has 0 aliphatic rings. The molecule has 0 saturated heterocycles. The van der Waals surface area contributed by atoms with Gasteiger partial charge in [0.25, 0.3) is 0 Å². The van der Waals surface area contributed by atoms with Crippen LogP contribution in [0.25, 0.3) is 0 Å². The molecule has 78 heavy (non-hydrogen) atoms. The molecule has 10 heteroatoms. The zero-order valence-electron chi connectivity index (χ0n) is 50.2. The van der Waals surface area contributed by atoms with E-state index in [4.69, 9.17) is 5.73 Å². The van der Waals surface area contributed by atoms with E-state index in [1.54, 1.807) is 0 Å². The van der Waals surface area contributed by atoms with Gasteiger partial charge >= 0.3 is 0 Å². The van der Waals surface area contributed by atoms with E-state index in [0.717, 1.165) is 88.6 Å². The molecular weight excluding hydrogens is 963 g/mol. The lowest BCUT2D eigenvalue weighted by atomic mass is 10.00. The van der Waals surface area contributed by atoms with Crippen molar-refractivity contribution in [3.8, 4) is 11.8 Å². The van der Waals surface area contributed by atoms with Gasteiger partial charge in [-0.1, -0.05) is 217 Å². The summed E-state index contributed by atoms with van der Waals surface area (Å²) in [6.45, 7) is 8.70. The van der Waals surface area contributed by atoms with Crippen LogP contribution < -0.4 is 21.7 Å². The quantitative estimate of drug-likeness (QED) is 0.0382. The van der Waals surface area contributed by atoms with Gasteiger partial charge in [0, 0.05) is 70.9 Å². The maximum atomic E-state index is 12.6. The molecule has 2 aromatic heterocycles. The molecule has 0 aliphatic heterocycles. The van der Waals surface area contributed by atoms with E-state index in [2.05, 4.69) is 68.7 Å². The van der Waals surface area contributed by atoms with E-state index in [9.17, 15) is 14.4 Å². The summed E-state index contributed by atoms with van der Waals surface area (Å²) in [7, 11) is 0. The number of aromatic nitrogens is 2. The number of carbonyl (C=O) groups excluding carboxylic acids is 3. The highest BCUT2D eigenvalue weighted by atomic mass is 16.2. The highest BCUT2D eigenvalue weighted by molar-refractivity contribution is 5.77. The number of nitrogens with two attached hydrogens (primary N) is 1. The molecule has 440 valence electrons. The van der Waals surface area contributed by atoms with Gasteiger partial charge in [0.2, 0.25) is 17.7 Å². The fourth-order valence-corrected chi connectivity index (χ4v) is 10.0. The molecule has 0 radical (unpaired) electrons. The van der Waals surface area contributed by atoms with Gasteiger partial charge in [-0.3, -0.25) is 29.3 Å². The van der Waals surface area contributed by atoms with Crippen LogP contribution in [0.15, 0.2) is 72.1 Å². The van der Waals surface area contributed by atoms with Gasteiger partial charge in [-0.25, -0.2) is 0 Å². The number of unbranched alkanes of at least 4 members (excludes halogenated alkanes) is 30. The van der Waals surface area contributed by atoms with Crippen LogP contribution in [0.2, 0.25) is 0 Å². The van der Waals surface area contributed by atoms with E-state index in [-0.39, 0.29) is 17.7 Å². The molecule has 0 atom stereocenters. The third kappa shape index (κ3) is 44.5. The monoisotopic (exact) mass is 1080 g/mol. The van der Waals surface area contributed by atoms with Crippen LogP contribution in [0.1, 0.15) is 282 Å². The second kappa shape index (κ2) is 53.3. The van der Waals surface area contributed by atoms with Gasteiger partial charge in [0.05, 0.1) is 11.4 Å². The molecule has 2 heterocycles. The lowest BCUT2D eigenvalue weighted by Crippen LogP contribution is -2.35. The Morgan fingerprint density at radius 1 is 0.436 bits per heavy atom. The van der Waals surface area contributed by atoms with Gasteiger partial charge in [-0.05, 0) is 113 Å². The molecule has 0 saturated carbocycles. The van der Waals surface area contributed by atoms with Crippen molar-refractivity contribution in [3.05, 3.63) is 83.5 Å². The van der Waals surface area contributed by atoms with Gasteiger partial charge in [-0.2, -0.15) is 0 Å². The molecule has 3 amide bonds. The predicted octanol–water partition coefficient (Wildman–Crippen LogP) is 16.3. The summed E-state index contributed by atoms with van der Waals surface area (Å²) in [4.78, 5) is 48.4. The minimum atomic E-state index is 0.00864. The third-order valence-electron chi connectivity index (χ3n) is 14.8. The van der Waals surface area contributed by atoms with Crippen LogP contribution >= 0.6 is 0 Å². The van der Waals surface area contributed by atoms with Crippen LogP contribution in [0.3, 0.4) is 0 Å². The summed E-state index contributed by atoms with van der Waals surface area (Å²) in [5.74, 6) is 7.69. The van der Waals surface area contributed by atoms with Crippen molar-refractivity contribution < 1.29 is 14.4 Å². The molecule has 0 spiro atoms. The molecule has 2 rings (SSSR count). The fourth-order valence-electron chi connectivity index (χ4n) is 10.0. The number of nitrogens with zero attached hydrogens (tertiary/aromatic N) is 3. The molecule has 2 aromatic rings. The summed E-state index contributed by atoms with van der Waals surface area (Å²) in [5.41, 5.74) is 10.2. The lowest BCUT2D eigenvalue weighted by molar-refractivity contribution is -0.123. The van der Waals surface area contributed by atoms with Gasteiger partial charge in [-0.15, -0.1) is 0 Å². The molecule has 0 unspecified atom stereocenters. The summed E-state index contributed by atoms with van der Waals surface area (Å²) in [6, 6.07) is 11.9. The molecule has 0 bridgehead atoms. The third-order valence-corrected chi connectivity index (χ3v) is 14.8. The Kier molecular flexibility index (Phi) is 47.7. The van der Waals surface area contributed by atoms with Crippen LogP contribution in [-0.4, -0.2) is 65.3 Å². The lowest BCUT2D eigenvalue weighted by Gasteiger charge is -2.21. The van der Waals surface area contributed by atoms with E-state index in [1.165, 1.54) is 178 Å². The smallest absolute Gasteiger partial charge is 0.220 e. The first-order valence-electron chi connectivity index (χ1n) is 32.4. The molecule has 0 fully saturated rings. The van der Waals surface area contributed by atoms with Gasteiger partial charge < -0.3 is 21.7 Å². The minimum Gasteiger partial charge on any atom is -0.355 e. The Labute approximate surface area is 478 Å². The average molecular weight is 1080 g/mol. The Bertz CT molecular complexity index is 1800. The van der Waals surface area contributed by atoms with Crippen LogP contribution in [-0.2, 0) is 27.5 Å². The van der Waals surface area contributed by atoms with Crippen LogP contribution in [0.5, 0.6) is 0 Å². The van der Waals surface area contributed by atoms with Crippen molar-refractivity contribution in [2.24, 2.45) is 5.73 Å². The van der Waals surface area contributed by atoms with E-state index in [0.29, 0.717) is 58.5 Å². The normalized spacial score (nSPS) is 11.7. The second-order valence-corrected chi connectivity index (χ2v) is 22.2. The van der Waals surface area contributed by atoms with Crippen molar-refractivity contribution in [1.29, 1.82) is 0 Å². The Morgan fingerprint density at radius 3 is 1.13 bits per heavy atom. The SMILES string of the molecule is CCCCCCCCCCCC/C=C(\C#C/C(=C\CCCCCCCCC(=O)NCCN)CCCCCCCCCCCC)CCCCCCCCC(=O)NCCNC(=O)CCCN(Cc1ccccn1)Cc1ccccn1. The predicted molar refractivity (Wildman–Crippen MR) is 331 cm³/mol. The first-order chi connectivity index (χ1) is 38.4. The molecular formula is C68H115N7O3. The Hall–Kier alpha value is -4.33. The highest BCUT2D eigenvalue weighted by Crippen LogP contribution is 2.19. The number of hydrogen-bond donors (Lipinski definition) is 4. The van der Waals surface area contributed by atoms with Gasteiger partial charge in [0.15, 0.2) is 0 Å². The molecule has 0 aromatic carbocycles. The van der Waals surface area contributed by atoms with Crippen molar-refractivity contribution >= 4 is 17.7 Å². The second-order valence-electron chi connectivity index (χ2n) is 22.2. The number of nitrogens with one attached hydrogen (secondary N) is 3. The standard InChI is InChI=1S/C68H115N7O3/c1-3-5-7-9-11-13-15-17-20-26-32-43-63(52-51-62(42-31-25-19-16-14-12-10-8-6-4-2)44-33-27-21-18-22-29-35-48-66(76)72-56-53-69)45-34-28-23-24-30-36-49-67(77)73-57-58-74-68(78)50-41-59-75(60-64-46-37-39-54-70-64)61-65-47-38-40-55-71-65/h37-40,43-44,46-47,54-55H,3-36,41-42,45,48-50,53,56-61,69H2,1-2H3,(H,72,76)(H,73,77)(H,74,78)/b62-44-,63-43-. The van der Waals surface area contributed by atoms with Crippen molar-refractivity contribution in [2.75, 3.05) is 32.7 Å². The topological polar surface area (TPSA) is 142 Å². The van der Waals surface area contributed by atoms with E-state index >= 15 is 0 Å². The summed E-state index contributed by atoms with van der Waals surface area (Å²) in [6.07, 6.45) is 55.9. The summed E-state index contributed by atoms with van der Waals surface area (Å²) in [5, 5.41) is 8.86. The Balaban J connectivity index is 1.79. The average Bonchev–Trinajstić information content (AvgIpc) is 3.45. The zero-order chi connectivity index (χ0) is 55.9. The van der Waals surface area contributed by atoms with E-state index in [1.807, 2.05) is 48.8 Å². The van der Waals surface area contributed by atoms with Crippen LogP contribution in [0.4, 0.5) is 0 Å². The number of amides is 3. The number of allylic oxidation sites excluding steroid dienone is 4.